The largest absolute Gasteiger partial charge is 0.478 e. The first kappa shape index (κ1) is 21.4. The normalized spacial score (nSPS) is 13.8. The Labute approximate surface area is 180 Å². The molecule has 0 atom stereocenters. The topological polar surface area (TPSA) is 55.1 Å². The molecule has 4 rings (SSSR count). The molecular weight excluding hydrogens is 436 g/mol. The highest BCUT2D eigenvalue weighted by molar-refractivity contribution is 6.31. The van der Waals surface area contributed by atoms with Gasteiger partial charge >= 0.3 is 12.1 Å². The van der Waals surface area contributed by atoms with Gasteiger partial charge in [-0.3, -0.25) is 0 Å². The summed E-state index contributed by atoms with van der Waals surface area (Å²) in [5.41, 5.74) is 0.894. The molecule has 0 bridgehead atoms. The molecule has 0 saturated heterocycles. The van der Waals surface area contributed by atoms with E-state index >= 15 is 0 Å². The van der Waals surface area contributed by atoms with Gasteiger partial charge in [-0.25, -0.2) is 13.9 Å². The maximum Gasteiger partial charge on any atom is 0.416 e. The third kappa shape index (κ3) is 4.04. The molecule has 31 heavy (non-hydrogen) atoms. The van der Waals surface area contributed by atoms with Gasteiger partial charge in [0.15, 0.2) is 0 Å². The number of nitrogens with zero attached hydrogens (tertiary/aromatic N) is 2. The molecule has 3 aromatic rings. The van der Waals surface area contributed by atoms with Gasteiger partial charge in [-0.1, -0.05) is 17.7 Å². The number of aromatic carboxylic acids is 1. The van der Waals surface area contributed by atoms with E-state index < -0.39 is 23.5 Å². The SMILES string of the molecule is O=C(O)c1ccc(-n2nc(Cc3c(Cl)cccc3C(F)(F)F)c3c2CCCC3)c(F)c1. The third-order valence-electron chi connectivity index (χ3n) is 5.45. The number of aromatic nitrogens is 2. The molecule has 1 aromatic heterocycles. The fraction of sp³-hybridized carbons (Fsp3) is 0.273. The molecule has 1 N–H and O–H groups in total. The second-order valence-corrected chi connectivity index (χ2v) is 7.81. The Kier molecular flexibility index (Phi) is 5.51. The van der Waals surface area contributed by atoms with E-state index in [0.29, 0.717) is 18.5 Å². The molecule has 2 aromatic carbocycles. The van der Waals surface area contributed by atoms with Crippen LogP contribution in [0, 0.1) is 5.82 Å². The number of carboxylic acid groups (broad SMARTS) is 1. The van der Waals surface area contributed by atoms with Gasteiger partial charge in [0.25, 0.3) is 0 Å². The number of carbonyl (C=O) groups is 1. The van der Waals surface area contributed by atoms with Gasteiger partial charge in [0.05, 0.1) is 16.8 Å². The summed E-state index contributed by atoms with van der Waals surface area (Å²) in [5, 5.41) is 13.5. The molecule has 1 aliphatic carbocycles. The standard InChI is InChI=1S/C22H17ClF4N2O2/c23-16-6-3-5-15(22(25,26)27)14(16)11-18-13-4-1-2-7-19(13)29(28-18)20-9-8-12(21(30)31)10-17(20)24/h3,5-6,8-10H,1-2,4,7,11H2,(H,30,31). The lowest BCUT2D eigenvalue weighted by molar-refractivity contribution is -0.138. The highest BCUT2D eigenvalue weighted by Gasteiger charge is 2.35. The van der Waals surface area contributed by atoms with Crippen LogP contribution < -0.4 is 0 Å². The van der Waals surface area contributed by atoms with Gasteiger partial charge in [0.2, 0.25) is 0 Å². The van der Waals surface area contributed by atoms with Crippen LogP contribution in [-0.4, -0.2) is 20.9 Å². The van der Waals surface area contributed by atoms with Gasteiger partial charge in [-0.15, -0.1) is 0 Å². The lowest BCUT2D eigenvalue weighted by Gasteiger charge is -2.16. The predicted octanol–water partition coefficient (Wildman–Crippen LogP) is 5.85. The Morgan fingerprint density at radius 3 is 2.58 bits per heavy atom. The zero-order valence-electron chi connectivity index (χ0n) is 16.1. The minimum absolute atomic E-state index is 0.00840. The van der Waals surface area contributed by atoms with Crippen molar-refractivity contribution in [3.63, 3.8) is 0 Å². The summed E-state index contributed by atoms with van der Waals surface area (Å²) < 4.78 is 56.6. The third-order valence-corrected chi connectivity index (χ3v) is 5.81. The molecule has 0 fully saturated rings. The van der Waals surface area contributed by atoms with E-state index in [4.69, 9.17) is 16.7 Å². The average molecular weight is 453 g/mol. The van der Waals surface area contributed by atoms with E-state index in [9.17, 15) is 22.4 Å². The Morgan fingerprint density at radius 1 is 1.16 bits per heavy atom. The number of hydrogen-bond donors (Lipinski definition) is 1. The van der Waals surface area contributed by atoms with Gasteiger partial charge < -0.3 is 5.11 Å². The summed E-state index contributed by atoms with van der Waals surface area (Å²) in [4.78, 5) is 11.1. The minimum atomic E-state index is -4.57. The second-order valence-electron chi connectivity index (χ2n) is 7.40. The fourth-order valence-electron chi connectivity index (χ4n) is 4.00. The zero-order chi connectivity index (χ0) is 22.3. The lowest BCUT2D eigenvalue weighted by Crippen LogP contribution is -2.11. The number of hydrogen-bond acceptors (Lipinski definition) is 2. The van der Waals surface area contributed by atoms with Gasteiger partial charge in [-0.05, 0) is 67.1 Å². The highest BCUT2D eigenvalue weighted by atomic mass is 35.5. The van der Waals surface area contributed by atoms with Crippen molar-refractivity contribution in [2.24, 2.45) is 0 Å². The summed E-state index contributed by atoms with van der Waals surface area (Å²) in [7, 11) is 0. The van der Waals surface area contributed by atoms with Crippen LogP contribution >= 0.6 is 11.6 Å². The van der Waals surface area contributed by atoms with Crippen LogP contribution in [0.15, 0.2) is 36.4 Å². The molecular formula is C22H17ClF4N2O2. The highest BCUT2D eigenvalue weighted by Crippen LogP contribution is 2.37. The van der Waals surface area contributed by atoms with E-state index in [2.05, 4.69) is 5.10 Å². The Hall–Kier alpha value is -2.87. The van der Waals surface area contributed by atoms with Crippen LogP contribution in [0.1, 0.15) is 51.3 Å². The number of halogens is 5. The van der Waals surface area contributed by atoms with Crippen molar-refractivity contribution in [1.82, 2.24) is 9.78 Å². The maximum absolute atomic E-state index is 14.7. The molecule has 9 heteroatoms. The molecule has 0 spiro atoms. The van der Waals surface area contributed by atoms with Crippen molar-refractivity contribution in [3.8, 4) is 5.69 Å². The molecule has 1 heterocycles. The maximum atomic E-state index is 14.7. The van der Waals surface area contributed by atoms with Crippen molar-refractivity contribution in [3.05, 3.63) is 80.9 Å². The van der Waals surface area contributed by atoms with Gasteiger partial charge in [0.1, 0.15) is 11.5 Å². The van der Waals surface area contributed by atoms with Crippen LogP contribution in [0.25, 0.3) is 5.69 Å². The van der Waals surface area contributed by atoms with Crippen LogP contribution in [0.3, 0.4) is 0 Å². The van der Waals surface area contributed by atoms with Gasteiger partial charge in [-0.2, -0.15) is 18.3 Å². The van der Waals surface area contributed by atoms with Crippen molar-refractivity contribution in [2.75, 3.05) is 0 Å². The summed E-state index contributed by atoms with van der Waals surface area (Å²) in [6.07, 6.45) is -1.81. The molecule has 0 unspecified atom stereocenters. The quantitative estimate of drug-likeness (QED) is 0.505. The van der Waals surface area contributed by atoms with E-state index in [1.54, 1.807) is 0 Å². The minimum Gasteiger partial charge on any atom is -0.478 e. The second kappa shape index (κ2) is 8.00. The molecule has 4 nitrogen and oxygen atoms in total. The van der Waals surface area contributed by atoms with E-state index in [-0.39, 0.29) is 28.3 Å². The molecule has 1 aliphatic rings. The van der Waals surface area contributed by atoms with E-state index in [1.165, 1.54) is 28.9 Å². The number of alkyl halides is 3. The summed E-state index contributed by atoms with van der Waals surface area (Å²) in [6, 6.07) is 7.13. The van der Waals surface area contributed by atoms with Crippen LogP contribution in [0.5, 0.6) is 0 Å². The van der Waals surface area contributed by atoms with Crippen molar-refractivity contribution in [2.45, 2.75) is 38.3 Å². The first-order chi connectivity index (χ1) is 14.7. The van der Waals surface area contributed by atoms with Crippen LogP contribution in [0.4, 0.5) is 17.6 Å². The predicted molar refractivity (Wildman–Crippen MR) is 106 cm³/mol. The first-order valence-electron chi connectivity index (χ1n) is 9.64. The summed E-state index contributed by atoms with van der Waals surface area (Å²) in [5.74, 6) is -2.02. The zero-order valence-corrected chi connectivity index (χ0v) is 16.9. The van der Waals surface area contributed by atoms with Crippen molar-refractivity contribution < 1.29 is 27.5 Å². The van der Waals surface area contributed by atoms with Gasteiger partial charge in [0, 0.05) is 17.1 Å². The monoisotopic (exact) mass is 452 g/mol. The Balaban J connectivity index is 1.83. The Morgan fingerprint density at radius 2 is 1.90 bits per heavy atom. The van der Waals surface area contributed by atoms with Crippen molar-refractivity contribution in [1.29, 1.82) is 0 Å². The van der Waals surface area contributed by atoms with E-state index in [0.717, 1.165) is 36.2 Å². The number of rotatable bonds is 4. The molecule has 0 amide bonds. The first-order valence-corrected chi connectivity index (χ1v) is 10.0. The van der Waals surface area contributed by atoms with Crippen LogP contribution in [-0.2, 0) is 25.4 Å². The average Bonchev–Trinajstić information content (AvgIpc) is 3.07. The van der Waals surface area contributed by atoms with Crippen molar-refractivity contribution >= 4 is 17.6 Å². The lowest BCUT2D eigenvalue weighted by atomic mass is 9.92. The smallest absolute Gasteiger partial charge is 0.416 e. The molecule has 0 aliphatic heterocycles. The number of carboxylic acids is 1. The fourth-order valence-corrected chi connectivity index (χ4v) is 4.24. The van der Waals surface area contributed by atoms with Crippen LogP contribution in [0.2, 0.25) is 5.02 Å². The Bertz CT molecular complexity index is 1170. The number of benzene rings is 2. The van der Waals surface area contributed by atoms with E-state index in [1.807, 2.05) is 0 Å². The molecule has 0 radical (unpaired) electrons. The molecule has 0 saturated carbocycles. The summed E-state index contributed by atoms with van der Waals surface area (Å²) >= 11 is 6.11. The molecule has 162 valence electrons. The summed E-state index contributed by atoms with van der Waals surface area (Å²) in [6.45, 7) is 0. The number of fused-ring (bicyclic) bond motifs is 1.